The van der Waals surface area contributed by atoms with Gasteiger partial charge in [0.05, 0.1) is 17.3 Å². The topological polar surface area (TPSA) is 59.9 Å². The summed E-state index contributed by atoms with van der Waals surface area (Å²) in [4.78, 5) is 28.2. The van der Waals surface area contributed by atoms with Gasteiger partial charge in [0.15, 0.2) is 11.6 Å². The van der Waals surface area contributed by atoms with Gasteiger partial charge < -0.3 is 0 Å². The second kappa shape index (κ2) is 6.58. The lowest BCUT2D eigenvalue weighted by molar-refractivity contribution is 0.0980. The molecule has 0 saturated carbocycles. The van der Waals surface area contributed by atoms with E-state index in [1.54, 1.807) is 30.3 Å². The first-order valence-corrected chi connectivity index (χ1v) is 10.9. The Labute approximate surface area is 179 Å². The number of fused-ring (bicyclic) bond motifs is 5. The van der Waals surface area contributed by atoms with Gasteiger partial charge in [0.2, 0.25) is 0 Å². The Morgan fingerprint density at radius 3 is 2.20 bits per heavy atom. The molecule has 1 heterocycles. The first-order chi connectivity index (χ1) is 14.7. The Hall–Kier alpha value is -3.35. The lowest BCUT2D eigenvalue weighted by Crippen LogP contribution is -2.21. The minimum Gasteiger partial charge on any atom is -0.289 e. The Balaban J connectivity index is 1.54. The van der Waals surface area contributed by atoms with Crippen LogP contribution < -0.4 is 0 Å². The molecule has 0 aliphatic heterocycles. The van der Waals surface area contributed by atoms with Crippen molar-refractivity contribution in [3.8, 4) is 0 Å². The summed E-state index contributed by atoms with van der Waals surface area (Å²) >= 11 is 2.60. The largest absolute Gasteiger partial charge is 0.289 e. The van der Waals surface area contributed by atoms with E-state index in [2.05, 4.69) is 39.1 Å². The van der Waals surface area contributed by atoms with Crippen molar-refractivity contribution in [3.05, 3.63) is 95.1 Å². The molecule has 0 fully saturated rings. The third kappa shape index (κ3) is 2.54. The number of rotatable bonds is 2. The van der Waals surface area contributed by atoms with E-state index in [0.29, 0.717) is 33.3 Å². The molecular weight excluding hydrogens is 412 g/mol. The van der Waals surface area contributed by atoms with Crippen molar-refractivity contribution in [2.45, 2.75) is 9.79 Å². The van der Waals surface area contributed by atoms with Gasteiger partial charge in [0, 0.05) is 26.5 Å². The molecule has 4 aromatic carbocycles. The van der Waals surface area contributed by atoms with E-state index in [9.17, 15) is 9.59 Å². The maximum absolute atomic E-state index is 13.2. The van der Waals surface area contributed by atoms with E-state index in [-0.39, 0.29) is 11.6 Å². The first-order valence-electron chi connectivity index (χ1n) is 9.35. The fourth-order valence-corrected chi connectivity index (χ4v) is 5.53. The van der Waals surface area contributed by atoms with Crippen LogP contribution in [0.1, 0.15) is 31.8 Å². The van der Waals surface area contributed by atoms with Crippen LogP contribution in [-0.2, 0) is 0 Å². The molecular formula is C24H12N2O2S2. The van der Waals surface area contributed by atoms with E-state index in [1.165, 1.54) is 17.1 Å². The van der Waals surface area contributed by atoms with Crippen LogP contribution in [0, 0.1) is 0 Å². The molecule has 0 radical (unpaired) electrons. The Morgan fingerprint density at radius 1 is 0.667 bits per heavy atom. The van der Waals surface area contributed by atoms with Gasteiger partial charge in [-0.2, -0.15) is 8.75 Å². The van der Waals surface area contributed by atoms with E-state index in [0.717, 1.165) is 26.9 Å². The Bertz CT molecular complexity index is 1520. The average molecular weight is 425 g/mol. The maximum Gasteiger partial charge on any atom is 0.196 e. The molecule has 0 unspecified atom stereocenters. The predicted octanol–water partition coefficient (Wildman–Crippen LogP) is 5.77. The highest BCUT2D eigenvalue weighted by atomic mass is 32.2. The molecule has 0 saturated heterocycles. The number of nitrogens with zero attached hydrogens (tertiary/aromatic N) is 2. The number of hydrogen-bond donors (Lipinski definition) is 0. The number of carbonyl (C=O) groups excluding carboxylic acids is 2. The highest BCUT2D eigenvalue weighted by molar-refractivity contribution is 7.99. The SMILES string of the molecule is O=C1c2ccccc2C(=O)c2c1cc(Sc1ccc3ccccc3c1)c1nsnc21. The van der Waals surface area contributed by atoms with Gasteiger partial charge in [0.25, 0.3) is 0 Å². The molecule has 30 heavy (non-hydrogen) atoms. The van der Waals surface area contributed by atoms with Crippen LogP contribution in [-0.4, -0.2) is 20.3 Å². The molecule has 0 atom stereocenters. The summed E-state index contributed by atoms with van der Waals surface area (Å²) in [6.07, 6.45) is 0. The van der Waals surface area contributed by atoms with Crippen molar-refractivity contribution in [1.82, 2.24) is 8.75 Å². The van der Waals surface area contributed by atoms with Gasteiger partial charge in [-0.25, -0.2) is 0 Å². The minimum absolute atomic E-state index is 0.143. The molecule has 0 amide bonds. The summed E-state index contributed by atoms with van der Waals surface area (Å²) in [7, 11) is 0. The van der Waals surface area contributed by atoms with Crippen molar-refractivity contribution in [1.29, 1.82) is 0 Å². The van der Waals surface area contributed by atoms with E-state index >= 15 is 0 Å². The predicted molar refractivity (Wildman–Crippen MR) is 119 cm³/mol. The van der Waals surface area contributed by atoms with Crippen LogP contribution in [0.25, 0.3) is 21.8 Å². The summed E-state index contributed by atoms with van der Waals surface area (Å²) in [6, 6.07) is 23.2. The van der Waals surface area contributed by atoms with Crippen LogP contribution in [0.5, 0.6) is 0 Å². The van der Waals surface area contributed by atoms with Crippen molar-refractivity contribution in [3.63, 3.8) is 0 Å². The van der Waals surface area contributed by atoms with E-state index < -0.39 is 0 Å². The van der Waals surface area contributed by atoms with E-state index in [1.807, 2.05) is 12.1 Å². The highest BCUT2D eigenvalue weighted by Crippen LogP contribution is 2.40. The third-order valence-electron chi connectivity index (χ3n) is 5.34. The van der Waals surface area contributed by atoms with Gasteiger partial charge in [-0.1, -0.05) is 66.4 Å². The Morgan fingerprint density at radius 2 is 1.37 bits per heavy atom. The lowest BCUT2D eigenvalue weighted by Gasteiger charge is -2.18. The fraction of sp³-hybridized carbons (Fsp3) is 0. The van der Waals surface area contributed by atoms with Gasteiger partial charge in [-0.05, 0) is 29.0 Å². The fourth-order valence-electron chi connectivity index (χ4n) is 3.92. The smallest absolute Gasteiger partial charge is 0.196 e. The summed E-state index contributed by atoms with van der Waals surface area (Å²) in [6.45, 7) is 0. The molecule has 0 bridgehead atoms. The average Bonchev–Trinajstić information content (AvgIpc) is 3.27. The normalized spacial score (nSPS) is 12.9. The van der Waals surface area contributed by atoms with Gasteiger partial charge in [0.1, 0.15) is 11.0 Å². The summed E-state index contributed by atoms with van der Waals surface area (Å²) in [5, 5.41) is 2.32. The minimum atomic E-state index is -0.167. The summed E-state index contributed by atoms with van der Waals surface area (Å²) in [5.74, 6) is -0.310. The van der Waals surface area contributed by atoms with Crippen molar-refractivity contribution in [2.24, 2.45) is 0 Å². The number of ketones is 2. The van der Waals surface area contributed by atoms with Crippen LogP contribution >= 0.6 is 23.5 Å². The van der Waals surface area contributed by atoms with Gasteiger partial charge in [-0.3, -0.25) is 9.59 Å². The molecule has 0 N–H and O–H groups in total. The zero-order valence-electron chi connectivity index (χ0n) is 15.5. The standard InChI is InChI=1S/C24H12N2O2S2/c27-23-16-7-3-4-8-17(16)24(28)20-18(23)12-19(21-22(20)26-30-25-21)29-15-10-9-13-5-1-2-6-14(13)11-15/h1-12H. The Kier molecular flexibility index (Phi) is 3.84. The van der Waals surface area contributed by atoms with Gasteiger partial charge >= 0.3 is 0 Å². The number of aromatic nitrogens is 2. The molecule has 6 heteroatoms. The van der Waals surface area contributed by atoms with Crippen LogP contribution in [0.2, 0.25) is 0 Å². The van der Waals surface area contributed by atoms with E-state index in [4.69, 9.17) is 0 Å². The number of carbonyl (C=O) groups is 2. The van der Waals surface area contributed by atoms with Crippen LogP contribution in [0.4, 0.5) is 0 Å². The second-order valence-electron chi connectivity index (χ2n) is 7.07. The van der Waals surface area contributed by atoms with Crippen molar-refractivity contribution < 1.29 is 9.59 Å². The molecule has 1 aliphatic rings. The molecule has 0 spiro atoms. The highest BCUT2D eigenvalue weighted by Gasteiger charge is 2.33. The number of benzene rings is 4. The summed E-state index contributed by atoms with van der Waals surface area (Å²) in [5.41, 5.74) is 2.82. The maximum atomic E-state index is 13.2. The van der Waals surface area contributed by atoms with Crippen LogP contribution in [0.3, 0.4) is 0 Å². The summed E-state index contributed by atoms with van der Waals surface area (Å²) < 4.78 is 8.83. The first kappa shape index (κ1) is 17.5. The monoisotopic (exact) mass is 424 g/mol. The molecule has 1 aliphatic carbocycles. The van der Waals surface area contributed by atoms with Crippen molar-refractivity contribution in [2.75, 3.05) is 0 Å². The molecule has 4 nitrogen and oxygen atoms in total. The molecule has 1 aromatic heterocycles. The zero-order chi connectivity index (χ0) is 20.2. The number of hydrogen-bond acceptors (Lipinski definition) is 6. The van der Waals surface area contributed by atoms with Crippen LogP contribution in [0.15, 0.2) is 82.6 Å². The van der Waals surface area contributed by atoms with Crippen molar-refractivity contribution >= 4 is 56.9 Å². The third-order valence-corrected chi connectivity index (χ3v) is 6.89. The lowest BCUT2D eigenvalue weighted by atomic mass is 9.83. The molecule has 5 aromatic rings. The quantitative estimate of drug-likeness (QED) is 0.353. The zero-order valence-corrected chi connectivity index (χ0v) is 17.1. The molecule has 142 valence electrons. The second-order valence-corrected chi connectivity index (χ2v) is 8.72. The van der Waals surface area contributed by atoms with Gasteiger partial charge in [-0.15, -0.1) is 0 Å². The molecule has 6 rings (SSSR count).